The molecule has 0 aromatic rings. The molecule has 3 fully saturated rings. The standard InChI is InChI=1S/C27H43NO15/c1-4-20(32)37-12-18-26(15(30)8-22(34)39-18)43-24-10-16(31)27(19(41-24)13-38-21(33)5-2)42-23-9-14(29)25(35)17(40-23)11-36-7-6-28-3/h4-5,14-19,22-31,34-35H,1-2,6-13H2,3H3/t14-,15-,16-,17-,18-,19-,22+,23-,24-,25+,26+,27+/m1/s1. The number of aliphatic hydroxyl groups excluding tert-OH is 5. The topological polar surface area (TPSA) is 221 Å². The van der Waals surface area contributed by atoms with E-state index in [2.05, 4.69) is 18.5 Å². The molecule has 16 nitrogen and oxygen atoms in total. The van der Waals surface area contributed by atoms with E-state index in [-0.39, 0.29) is 32.5 Å². The molecule has 0 saturated carbocycles. The van der Waals surface area contributed by atoms with Crippen LogP contribution in [0.3, 0.4) is 0 Å². The first-order valence-corrected chi connectivity index (χ1v) is 14.0. The van der Waals surface area contributed by atoms with Crippen molar-refractivity contribution in [1.29, 1.82) is 0 Å². The van der Waals surface area contributed by atoms with Gasteiger partial charge in [-0.2, -0.15) is 0 Å². The Labute approximate surface area is 249 Å². The molecule has 3 heterocycles. The Morgan fingerprint density at radius 3 is 1.84 bits per heavy atom. The molecule has 3 rings (SSSR count). The van der Waals surface area contributed by atoms with Gasteiger partial charge in [-0.3, -0.25) is 0 Å². The monoisotopic (exact) mass is 621 g/mol. The van der Waals surface area contributed by atoms with Crippen LogP contribution in [0, 0.1) is 0 Å². The maximum absolute atomic E-state index is 11.8. The number of carbonyl (C=O) groups is 2. The summed E-state index contributed by atoms with van der Waals surface area (Å²) < 4.78 is 44.8. The van der Waals surface area contributed by atoms with Gasteiger partial charge in [-0.25, -0.2) is 9.59 Å². The van der Waals surface area contributed by atoms with Crippen molar-refractivity contribution in [2.24, 2.45) is 0 Å². The summed E-state index contributed by atoms with van der Waals surface area (Å²) in [4.78, 5) is 23.4. The molecular weight excluding hydrogens is 578 g/mol. The fraction of sp³-hybridized carbons (Fsp3) is 0.778. The van der Waals surface area contributed by atoms with Crippen molar-refractivity contribution >= 4 is 11.9 Å². The third-order valence-electron chi connectivity index (χ3n) is 7.07. The van der Waals surface area contributed by atoms with Gasteiger partial charge in [0.15, 0.2) is 18.9 Å². The lowest BCUT2D eigenvalue weighted by Crippen LogP contribution is -2.58. The van der Waals surface area contributed by atoms with Gasteiger partial charge in [0.25, 0.3) is 0 Å². The summed E-state index contributed by atoms with van der Waals surface area (Å²) in [6.45, 7) is 6.77. The van der Waals surface area contributed by atoms with Gasteiger partial charge < -0.3 is 68.7 Å². The minimum Gasteiger partial charge on any atom is -0.460 e. The molecular formula is C27H43NO15. The molecule has 43 heavy (non-hydrogen) atoms. The Bertz CT molecular complexity index is 908. The van der Waals surface area contributed by atoms with Crippen molar-refractivity contribution in [2.45, 2.75) is 93.1 Å². The van der Waals surface area contributed by atoms with Gasteiger partial charge in [0, 0.05) is 38.0 Å². The number of esters is 2. The minimum absolute atomic E-state index is 0.0243. The van der Waals surface area contributed by atoms with Crippen LogP contribution in [0.15, 0.2) is 25.3 Å². The van der Waals surface area contributed by atoms with E-state index in [1.54, 1.807) is 7.05 Å². The van der Waals surface area contributed by atoms with Gasteiger partial charge in [-0.1, -0.05) is 13.2 Å². The Morgan fingerprint density at radius 2 is 1.28 bits per heavy atom. The third kappa shape index (κ3) is 10.5. The number of ether oxygens (including phenoxy) is 8. The molecule has 0 aromatic carbocycles. The number of nitrogens with one attached hydrogen (secondary N) is 1. The van der Waals surface area contributed by atoms with Gasteiger partial charge >= 0.3 is 11.9 Å². The van der Waals surface area contributed by atoms with E-state index in [1.807, 2.05) is 0 Å². The van der Waals surface area contributed by atoms with Crippen molar-refractivity contribution < 1.29 is 73.0 Å². The number of aliphatic hydroxyl groups is 5. The summed E-state index contributed by atoms with van der Waals surface area (Å²) >= 11 is 0. The average molecular weight is 622 g/mol. The molecule has 0 spiro atoms. The number of carbonyl (C=O) groups excluding carboxylic acids is 2. The molecule has 0 radical (unpaired) electrons. The first-order valence-electron chi connectivity index (χ1n) is 14.0. The molecule has 0 bridgehead atoms. The quantitative estimate of drug-likeness (QED) is 0.0619. The molecule has 3 aliphatic heterocycles. The second kappa shape index (κ2) is 17.4. The second-order valence-electron chi connectivity index (χ2n) is 10.3. The predicted octanol–water partition coefficient (Wildman–Crippen LogP) is -2.77. The zero-order chi connectivity index (χ0) is 31.5. The highest BCUT2D eigenvalue weighted by atomic mass is 16.7. The Morgan fingerprint density at radius 1 is 0.767 bits per heavy atom. The zero-order valence-corrected chi connectivity index (χ0v) is 24.0. The molecule has 246 valence electrons. The largest absolute Gasteiger partial charge is 0.460 e. The molecule has 0 aliphatic carbocycles. The van der Waals surface area contributed by atoms with Gasteiger partial charge in [0.2, 0.25) is 0 Å². The van der Waals surface area contributed by atoms with E-state index in [4.69, 9.17) is 37.9 Å². The van der Waals surface area contributed by atoms with E-state index in [0.29, 0.717) is 13.2 Å². The summed E-state index contributed by atoms with van der Waals surface area (Å²) in [5.74, 6) is -1.51. The number of hydrogen-bond donors (Lipinski definition) is 6. The van der Waals surface area contributed by atoms with Crippen molar-refractivity contribution in [3.8, 4) is 0 Å². The Hall–Kier alpha value is -2.06. The van der Waals surface area contributed by atoms with Gasteiger partial charge in [-0.15, -0.1) is 0 Å². The summed E-state index contributed by atoms with van der Waals surface area (Å²) in [5.41, 5.74) is 0. The second-order valence-corrected chi connectivity index (χ2v) is 10.3. The first kappa shape index (κ1) is 35.4. The Balaban J connectivity index is 1.69. The molecule has 16 heteroatoms. The summed E-state index contributed by atoms with van der Waals surface area (Å²) in [6, 6.07) is 0. The summed E-state index contributed by atoms with van der Waals surface area (Å²) in [5, 5.41) is 55.4. The molecule has 0 amide bonds. The van der Waals surface area contributed by atoms with Crippen LogP contribution in [0.5, 0.6) is 0 Å². The lowest BCUT2D eigenvalue weighted by molar-refractivity contribution is -0.340. The zero-order valence-electron chi connectivity index (χ0n) is 24.0. The highest BCUT2D eigenvalue weighted by Crippen LogP contribution is 2.32. The fourth-order valence-corrected chi connectivity index (χ4v) is 4.85. The average Bonchev–Trinajstić information content (AvgIpc) is 2.97. The van der Waals surface area contributed by atoms with Crippen LogP contribution in [-0.4, -0.2) is 151 Å². The highest BCUT2D eigenvalue weighted by molar-refractivity contribution is 5.81. The number of hydrogen-bond acceptors (Lipinski definition) is 16. The number of likely N-dealkylation sites (N-methyl/N-ethyl adjacent to an activating group) is 1. The summed E-state index contributed by atoms with van der Waals surface area (Å²) in [6.07, 6.45) is -12.7. The van der Waals surface area contributed by atoms with Crippen molar-refractivity contribution in [1.82, 2.24) is 5.32 Å². The van der Waals surface area contributed by atoms with Crippen LogP contribution >= 0.6 is 0 Å². The smallest absolute Gasteiger partial charge is 0.330 e. The Kier molecular flexibility index (Phi) is 14.4. The lowest BCUT2D eigenvalue weighted by Gasteiger charge is -2.45. The molecule has 3 aliphatic rings. The van der Waals surface area contributed by atoms with Crippen molar-refractivity contribution in [2.75, 3.05) is 40.0 Å². The molecule has 0 aromatic heterocycles. The number of rotatable bonds is 15. The van der Waals surface area contributed by atoms with E-state index in [0.717, 1.165) is 12.2 Å². The molecule has 12 atom stereocenters. The van der Waals surface area contributed by atoms with Crippen LogP contribution < -0.4 is 5.32 Å². The van der Waals surface area contributed by atoms with Gasteiger partial charge in [0.1, 0.15) is 49.8 Å². The van der Waals surface area contributed by atoms with E-state index in [9.17, 15) is 35.1 Å². The highest BCUT2D eigenvalue weighted by Gasteiger charge is 2.47. The molecule has 3 saturated heterocycles. The van der Waals surface area contributed by atoms with Gasteiger partial charge in [0.05, 0.1) is 31.5 Å². The van der Waals surface area contributed by atoms with Crippen molar-refractivity contribution in [3.63, 3.8) is 0 Å². The summed E-state index contributed by atoms with van der Waals surface area (Å²) in [7, 11) is 1.76. The fourth-order valence-electron chi connectivity index (χ4n) is 4.85. The molecule has 0 unspecified atom stereocenters. The van der Waals surface area contributed by atoms with Crippen molar-refractivity contribution in [3.05, 3.63) is 25.3 Å². The third-order valence-corrected chi connectivity index (χ3v) is 7.07. The van der Waals surface area contributed by atoms with Crippen LogP contribution in [0.25, 0.3) is 0 Å². The van der Waals surface area contributed by atoms with Gasteiger partial charge in [-0.05, 0) is 7.05 Å². The molecule has 6 N–H and O–H groups in total. The van der Waals surface area contributed by atoms with Crippen LogP contribution in [0.1, 0.15) is 19.3 Å². The van der Waals surface area contributed by atoms with E-state index >= 15 is 0 Å². The van der Waals surface area contributed by atoms with Crippen LogP contribution in [-0.2, 0) is 47.5 Å². The maximum atomic E-state index is 11.8. The normalized spacial score (nSPS) is 38.2. The first-order chi connectivity index (χ1) is 20.6. The van der Waals surface area contributed by atoms with Crippen LogP contribution in [0.2, 0.25) is 0 Å². The van der Waals surface area contributed by atoms with E-state index in [1.165, 1.54) is 0 Å². The lowest BCUT2D eigenvalue weighted by atomic mass is 9.98. The van der Waals surface area contributed by atoms with Crippen LogP contribution in [0.4, 0.5) is 0 Å². The maximum Gasteiger partial charge on any atom is 0.330 e. The minimum atomic E-state index is -1.34. The predicted molar refractivity (Wildman–Crippen MR) is 143 cm³/mol. The van der Waals surface area contributed by atoms with E-state index < -0.39 is 92.4 Å². The SMILES string of the molecule is C=CC(=O)OC[C@H]1O[C@H](O[C@H]2[C@H](O)C[C@@H](O)O[C@@H]2COC(=O)C=C)C[C@@H](O)[C@@H]1O[C@@H]1C[C@@H](O)[C@H](O)[C@@H](COCCNC)O1.